The second kappa shape index (κ2) is 5.70. The number of aliphatic hydroxyl groups is 1. The minimum absolute atomic E-state index is 0.00311. The SMILES string of the molecule is CN(C)C(=O)c1cnc(N2C[C@@H]3CCC[C@]3(CO)C2)c(Cl)c1. The van der Waals surface area contributed by atoms with Crippen molar-refractivity contribution in [1.82, 2.24) is 9.88 Å². The lowest BCUT2D eigenvalue weighted by atomic mass is 9.82. The van der Waals surface area contributed by atoms with Crippen LogP contribution in [0.2, 0.25) is 5.02 Å². The van der Waals surface area contributed by atoms with E-state index >= 15 is 0 Å². The van der Waals surface area contributed by atoms with Crippen LogP contribution in [-0.4, -0.2) is 54.7 Å². The summed E-state index contributed by atoms with van der Waals surface area (Å²) >= 11 is 6.37. The van der Waals surface area contributed by atoms with Crippen LogP contribution in [0.1, 0.15) is 29.6 Å². The van der Waals surface area contributed by atoms with E-state index in [9.17, 15) is 9.90 Å². The van der Waals surface area contributed by atoms with Crippen molar-refractivity contribution in [3.05, 3.63) is 22.8 Å². The lowest BCUT2D eigenvalue weighted by Crippen LogP contribution is -2.31. The van der Waals surface area contributed by atoms with Crippen molar-refractivity contribution in [2.45, 2.75) is 19.3 Å². The monoisotopic (exact) mass is 323 g/mol. The highest BCUT2D eigenvalue weighted by molar-refractivity contribution is 6.33. The van der Waals surface area contributed by atoms with Gasteiger partial charge in [0.2, 0.25) is 0 Å². The summed E-state index contributed by atoms with van der Waals surface area (Å²) in [5.41, 5.74) is 0.498. The summed E-state index contributed by atoms with van der Waals surface area (Å²) in [6.45, 7) is 1.90. The smallest absolute Gasteiger partial charge is 0.254 e. The maximum atomic E-state index is 12.0. The van der Waals surface area contributed by atoms with E-state index in [4.69, 9.17) is 11.6 Å². The fraction of sp³-hybridized carbons (Fsp3) is 0.625. The third kappa shape index (κ3) is 2.46. The molecule has 2 heterocycles. The van der Waals surface area contributed by atoms with Gasteiger partial charge < -0.3 is 14.9 Å². The molecule has 2 fully saturated rings. The van der Waals surface area contributed by atoms with Gasteiger partial charge in [0.05, 0.1) is 17.2 Å². The van der Waals surface area contributed by atoms with Gasteiger partial charge in [-0.2, -0.15) is 0 Å². The first-order valence-corrected chi connectivity index (χ1v) is 8.08. The van der Waals surface area contributed by atoms with Gasteiger partial charge in [-0.05, 0) is 24.8 Å². The third-order valence-corrected chi connectivity index (χ3v) is 5.41. The van der Waals surface area contributed by atoms with E-state index < -0.39 is 0 Å². The number of amides is 1. The van der Waals surface area contributed by atoms with Crippen LogP contribution in [-0.2, 0) is 0 Å². The zero-order chi connectivity index (χ0) is 15.9. The summed E-state index contributed by atoms with van der Waals surface area (Å²) in [6, 6.07) is 1.69. The molecule has 1 N–H and O–H groups in total. The number of hydrogen-bond acceptors (Lipinski definition) is 4. The van der Waals surface area contributed by atoms with Gasteiger partial charge >= 0.3 is 0 Å². The maximum absolute atomic E-state index is 12.0. The molecule has 2 aliphatic rings. The molecule has 1 aliphatic heterocycles. The molecule has 120 valence electrons. The molecule has 22 heavy (non-hydrogen) atoms. The van der Waals surface area contributed by atoms with Gasteiger partial charge in [0.25, 0.3) is 5.91 Å². The summed E-state index contributed by atoms with van der Waals surface area (Å²) in [7, 11) is 3.41. The Morgan fingerprint density at radius 2 is 2.36 bits per heavy atom. The van der Waals surface area contributed by atoms with Gasteiger partial charge in [0.15, 0.2) is 0 Å². The maximum Gasteiger partial charge on any atom is 0.254 e. The van der Waals surface area contributed by atoms with Gasteiger partial charge in [-0.15, -0.1) is 0 Å². The lowest BCUT2D eigenvalue weighted by molar-refractivity contribution is 0.0827. The Kier molecular flexibility index (Phi) is 4.03. The number of carbonyl (C=O) groups excluding carboxylic acids is 1. The first-order chi connectivity index (χ1) is 10.5. The number of anilines is 1. The van der Waals surface area contributed by atoms with Crippen LogP contribution in [0.5, 0.6) is 0 Å². The highest BCUT2D eigenvalue weighted by atomic mass is 35.5. The molecule has 5 nitrogen and oxygen atoms in total. The third-order valence-electron chi connectivity index (χ3n) is 5.13. The molecular formula is C16H22ClN3O2. The van der Waals surface area contributed by atoms with E-state index in [1.165, 1.54) is 11.3 Å². The molecule has 2 atom stereocenters. The first kappa shape index (κ1) is 15.6. The molecule has 3 rings (SSSR count). The molecular weight excluding hydrogens is 302 g/mol. The highest BCUT2D eigenvalue weighted by Gasteiger charge is 2.49. The minimum Gasteiger partial charge on any atom is -0.396 e. The van der Waals surface area contributed by atoms with Crippen LogP contribution in [0.4, 0.5) is 5.82 Å². The van der Waals surface area contributed by atoms with Crippen LogP contribution in [0.15, 0.2) is 12.3 Å². The van der Waals surface area contributed by atoms with Crippen molar-refractivity contribution in [2.75, 3.05) is 38.7 Å². The summed E-state index contributed by atoms with van der Waals surface area (Å²) in [4.78, 5) is 20.1. The fourth-order valence-electron chi connectivity index (χ4n) is 3.87. The molecule has 1 aromatic heterocycles. The number of rotatable bonds is 3. The quantitative estimate of drug-likeness (QED) is 0.925. The number of hydrogen-bond donors (Lipinski definition) is 1. The molecule has 1 aromatic rings. The first-order valence-electron chi connectivity index (χ1n) is 7.70. The Morgan fingerprint density at radius 3 is 2.95 bits per heavy atom. The largest absolute Gasteiger partial charge is 0.396 e. The van der Waals surface area contributed by atoms with Crippen molar-refractivity contribution in [3.8, 4) is 0 Å². The molecule has 0 unspecified atom stereocenters. The zero-order valence-corrected chi connectivity index (χ0v) is 13.8. The average molecular weight is 324 g/mol. The van der Waals surface area contributed by atoms with E-state index in [-0.39, 0.29) is 17.9 Å². The van der Waals surface area contributed by atoms with Crippen molar-refractivity contribution in [3.63, 3.8) is 0 Å². The molecule has 0 spiro atoms. The van der Waals surface area contributed by atoms with E-state index in [0.717, 1.165) is 31.7 Å². The Labute approximate surface area is 135 Å². The number of nitrogens with zero attached hydrogens (tertiary/aromatic N) is 3. The van der Waals surface area contributed by atoms with Gasteiger partial charge in [0.1, 0.15) is 5.82 Å². The molecule has 1 saturated carbocycles. The highest BCUT2D eigenvalue weighted by Crippen LogP contribution is 2.49. The fourth-order valence-corrected chi connectivity index (χ4v) is 4.16. The Hall–Kier alpha value is -1.33. The summed E-state index contributed by atoms with van der Waals surface area (Å²) in [5.74, 6) is 1.13. The summed E-state index contributed by atoms with van der Waals surface area (Å²) in [6.07, 6.45) is 5.01. The van der Waals surface area contributed by atoms with Crippen LogP contribution in [0, 0.1) is 11.3 Å². The van der Waals surface area contributed by atoms with Crippen LogP contribution in [0.25, 0.3) is 0 Å². The topological polar surface area (TPSA) is 56.7 Å². The Balaban J connectivity index is 1.83. The molecule has 0 bridgehead atoms. The van der Waals surface area contributed by atoms with Gasteiger partial charge in [-0.3, -0.25) is 4.79 Å². The van der Waals surface area contributed by atoms with Crippen LogP contribution in [0.3, 0.4) is 0 Å². The Morgan fingerprint density at radius 1 is 1.59 bits per heavy atom. The number of halogens is 1. The summed E-state index contributed by atoms with van der Waals surface area (Å²) in [5, 5.41) is 10.3. The second-order valence-corrected chi connectivity index (χ2v) is 7.13. The van der Waals surface area contributed by atoms with Crippen LogP contribution < -0.4 is 4.90 Å². The number of carbonyl (C=O) groups is 1. The number of aliphatic hydroxyl groups excluding tert-OH is 1. The molecule has 6 heteroatoms. The minimum atomic E-state index is -0.105. The van der Waals surface area contributed by atoms with E-state index in [2.05, 4.69) is 9.88 Å². The molecule has 1 saturated heterocycles. The average Bonchev–Trinajstić information content (AvgIpc) is 3.03. The zero-order valence-electron chi connectivity index (χ0n) is 13.0. The molecule has 1 aliphatic carbocycles. The predicted molar refractivity (Wildman–Crippen MR) is 86.3 cm³/mol. The Bertz CT molecular complexity index is 593. The number of fused-ring (bicyclic) bond motifs is 1. The predicted octanol–water partition coefficient (Wildman–Crippen LogP) is 2.04. The number of pyridine rings is 1. The van der Waals surface area contributed by atoms with E-state index in [0.29, 0.717) is 16.5 Å². The number of aromatic nitrogens is 1. The van der Waals surface area contributed by atoms with Crippen molar-refractivity contribution < 1.29 is 9.90 Å². The van der Waals surface area contributed by atoms with Crippen molar-refractivity contribution >= 4 is 23.3 Å². The molecule has 1 amide bonds. The normalized spacial score (nSPS) is 27.1. The van der Waals surface area contributed by atoms with E-state index in [1.807, 2.05) is 0 Å². The van der Waals surface area contributed by atoms with Gasteiger partial charge in [0, 0.05) is 38.8 Å². The lowest BCUT2D eigenvalue weighted by Gasteiger charge is -2.26. The standard InChI is InChI=1S/C16H22ClN3O2/c1-19(2)15(22)11-6-13(17)14(18-7-11)20-8-12-4-3-5-16(12,9-20)10-21/h6-7,12,21H,3-5,8-10H2,1-2H3/t12-,16+/m0/s1. The van der Waals surface area contributed by atoms with Crippen LogP contribution >= 0.6 is 11.6 Å². The van der Waals surface area contributed by atoms with Gasteiger partial charge in [-0.25, -0.2) is 4.98 Å². The molecule has 0 aromatic carbocycles. The van der Waals surface area contributed by atoms with Crippen molar-refractivity contribution in [2.24, 2.45) is 11.3 Å². The van der Waals surface area contributed by atoms with Gasteiger partial charge in [-0.1, -0.05) is 18.0 Å². The van der Waals surface area contributed by atoms with Crippen molar-refractivity contribution in [1.29, 1.82) is 0 Å². The summed E-state index contributed by atoms with van der Waals surface area (Å²) < 4.78 is 0. The molecule has 0 radical (unpaired) electrons. The second-order valence-electron chi connectivity index (χ2n) is 6.72. The van der Waals surface area contributed by atoms with E-state index in [1.54, 1.807) is 26.4 Å².